The fraction of sp³-hybridized carbons (Fsp3) is 0.118. The Morgan fingerprint density at radius 2 is 1.90 bits per heavy atom. The number of hydrogen-bond donors (Lipinski definition) is 1. The largest absolute Gasteiger partial charge is 0.322 e. The van der Waals surface area contributed by atoms with Gasteiger partial charge in [0.15, 0.2) is 0 Å². The van der Waals surface area contributed by atoms with E-state index in [2.05, 4.69) is 5.32 Å². The summed E-state index contributed by atoms with van der Waals surface area (Å²) in [6.45, 7) is 3.91. The third-order valence-corrected chi connectivity index (χ3v) is 3.59. The van der Waals surface area contributed by atoms with E-state index < -0.39 is 5.82 Å². The lowest BCUT2D eigenvalue weighted by atomic mass is 10.1. The molecule has 0 unspecified atom stereocenters. The van der Waals surface area contributed by atoms with Gasteiger partial charge in [0.2, 0.25) is 5.91 Å². The molecule has 0 aliphatic rings. The van der Waals surface area contributed by atoms with E-state index in [1.54, 1.807) is 6.07 Å². The minimum Gasteiger partial charge on any atom is -0.322 e. The van der Waals surface area contributed by atoms with Gasteiger partial charge in [-0.2, -0.15) is 0 Å². The van der Waals surface area contributed by atoms with Gasteiger partial charge >= 0.3 is 0 Å². The van der Waals surface area contributed by atoms with E-state index in [1.165, 1.54) is 24.3 Å². The van der Waals surface area contributed by atoms with Crippen LogP contribution in [0.2, 0.25) is 5.02 Å². The molecule has 0 aromatic heterocycles. The fourth-order valence-corrected chi connectivity index (χ4v) is 2.12. The van der Waals surface area contributed by atoms with Crippen LogP contribution in [0.5, 0.6) is 0 Å². The second kappa shape index (κ2) is 6.55. The Morgan fingerprint density at radius 3 is 2.62 bits per heavy atom. The summed E-state index contributed by atoms with van der Waals surface area (Å²) in [7, 11) is 0. The molecule has 0 aliphatic carbocycles. The number of halogens is 2. The molecule has 0 saturated carbocycles. The summed E-state index contributed by atoms with van der Waals surface area (Å²) in [5, 5.41) is 3.04. The molecule has 0 bridgehead atoms. The van der Waals surface area contributed by atoms with Crippen molar-refractivity contribution in [2.45, 2.75) is 13.8 Å². The smallest absolute Gasteiger partial charge is 0.248 e. The van der Waals surface area contributed by atoms with Gasteiger partial charge in [0, 0.05) is 17.3 Å². The highest BCUT2D eigenvalue weighted by Crippen LogP contribution is 2.21. The second-order valence-electron chi connectivity index (χ2n) is 4.71. The number of benzene rings is 2. The van der Waals surface area contributed by atoms with Crippen molar-refractivity contribution in [2.24, 2.45) is 0 Å². The van der Waals surface area contributed by atoms with Crippen LogP contribution in [0.3, 0.4) is 0 Å². The van der Waals surface area contributed by atoms with E-state index in [-0.39, 0.29) is 16.5 Å². The number of rotatable bonds is 3. The lowest BCUT2D eigenvalue weighted by Gasteiger charge is -2.08. The van der Waals surface area contributed by atoms with Gasteiger partial charge in [-0.1, -0.05) is 29.8 Å². The molecule has 4 heteroatoms. The average Bonchev–Trinajstić information content (AvgIpc) is 2.43. The van der Waals surface area contributed by atoms with Gasteiger partial charge in [-0.25, -0.2) is 4.39 Å². The van der Waals surface area contributed by atoms with Crippen LogP contribution in [0.4, 0.5) is 10.1 Å². The molecule has 108 valence electrons. The van der Waals surface area contributed by atoms with E-state index in [1.807, 2.05) is 32.0 Å². The van der Waals surface area contributed by atoms with Crippen LogP contribution in [0, 0.1) is 19.7 Å². The van der Waals surface area contributed by atoms with Gasteiger partial charge in [0.05, 0.1) is 5.02 Å². The summed E-state index contributed by atoms with van der Waals surface area (Å²) in [6, 6.07) is 10.1. The first kappa shape index (κ1) is 15.3. The molecule has 0 fully saturated rings. The SMILES string of the molecule is Cc1cccc(NC(=O)C=Cc2c(F)cccc2Cl)c1C. The van der Waals surface area contributed by atoms with Crippen molar-refractivity contribution in [1.82, 2.24) is 0 Å². The van der Waals surface area contributed by atoms with Gasteiger partial charge in [0.1, 0.15) is 5.82 Å². The highest BCUT2D eigenvalue weighted by Gasteiger charge is 2.06. The Balaban J connectivity index is 2.15. The molecule has 0 heterocycles. The molecule has 2 nitrogen and oxygen atoms in total. The highest BCUT2D eigenvalue weighted by molar-refractivity contribution is 6.32. The minimum absolute atomic E-state index is 0.204. The lowest BCUT2D eigenvalue weighted by molar-refractivity contribution is -0.111. The van der Waals surface area contributed by atoms with Crippen LogP contribution in [0.1, 0.15) is 16.7 Å². The minimum atomic E-state index is -0.460. The zero-order valence-electron chi connectivity index (χ0n) is 11.8. The molecule has 21 heavy (non-hydrogen) atoms. The summed E-state index contributed by atoms with van der Waals surface area (Å²) in [6.07, 6.45) is 2.64. The van der Waals surface area contributed by atoms with Crippen molar-refractivity contribution < 1.29 is 9.18 Å². The lowest BCUT2D eigenvalue weighted by Crippen LogP contribution is -2.09. The Kier molecular flexibility index (Phi) is 4.76. The first-order chi connectivity index (χ1) is 9.99. The van der Waals surface area contributed by atoms with Crippen LogP contribution in [-0.4, -0.2) is 5.91 Å². The highest BCUT2D eigenvalue weighted by atomic mass is 35.5. The molecular weight excluding hydrogens is 289 g/mol. The quantitative estimate of drug-likeness (QED) is 0.815. The fourth-order valence-electron chi connectivity index (χ4n) is 1.89. The number of anilines is 1. The zero-order valence-corrected chi connectivity index (χ0v) is 12.5. The van der Waals surface area contributed by atoms with Gasteiger partial charge in [-0.05, 0) is 49.2 Å². The third kappa shape index (κ3) is 3.70. The van der Waals surface area contributed by atoms with Gasteiger partial charge in [0.25, 0.3) is 0 Å². The van der Waals surface area contributed by atoms with Gasteiger partial charge < -0.3 is 5.32 Å². The van der Waals surface area contributed by atoms with Gasteiger partial charge in [-0.15, -0.1) is 0 Å². The Morgan fingerprint density at radius 1 is 1.19 bits per heavy atom. The third-order valence-electron chi connectivity index (χ3n) is 3.26. The molecule has 1 amide bonds. The molecule has 2 aromatic rings. The van der Waals surface area contributed by atoms with Crippen molar-refractivity contribution in [1.29, 1.82) is 0 Å². The van der Waals surface area contributed by atoms with Crippen molar-refractivity contribution in [2.75, 3.05) is 5.32 Å². The maximum Gasteiger partial charge on any atom is 0.248 e. The molecule has 0 radical (unpaired) electrons. The number of amides is 1. The molecule has 0 spiro atoms. The van der Waals surface area contributed by atoms with Crippen LogP contribution in [-0.2, 0) is 4.79 Å². The second-order valence-corrected chi connectivity index (χ2v) is 5.11. The molecule has 0 saturated heterocycles. The number of carbonyl (C=O) groups excluding carboxylic acids is 1. The first-order valence-electron chi connectivity index (χ1n) is 6.48. The standard InChI is InChI=1S/C17H15ClFNO/c1-11-5-3-8-16(12(11)2)20-17(21)10-9-13-14(18)6-4-7-15(13)19/h3-10H,1-2H3,(H,20,21). The molecule has 0 atom stereocenters. The zero-order chi connectivity index (χ0) is 15.4. The number of hydrogen-bond acceptors (Lipinski definition) is 1. The molecule has 1 N–H and O–H groups in total. The normalized spacial score (nSPS) is 10.9. The molecular formula is C17H15ClFNO. The number of aryl methyl sites for hydroxylation is 1. The van der Waals surface area contributed by atoms with Gasteiger partial charge in [-0.3, -0.25) is 4.79 Å². The van der Waals surface area contributed by atoms with E-state index in [0.717, 1.165) is 16.8 Å². The topological polar surface area (TPSA) is 29.1 Å². The van der Waals surface area contributed by atoms with Crippen molar-refractivity contribution in [3.63, 3.8) is 0 Å². The molecule has 0 aliphatic heterocycles. The van der Waals surface area contributed by atoms with Crippen molar-refractivity contribution in [3.8, 4) is 0 Å². The van der Waals surface area contributed by atoms with E-state index in [0.29, 0.717) is 0 Å². The summed E-state index contributed by atoms with van der Waals surface area (Å²) >= 11 is 5.90. The maximum atomic E-state index is 13.6. The Labute approximate surface area is 128 Å². The van der Waals surface area contributed by atoms with Crippen molar-refractivity contribution in [3.05, 3.63) is 70.0 Å². The first-order valence-corrected chi connectivity index (χ1v) is 6.86. The van der Waals surface area contributed by atoms with Crippen LogP contribution >= 0.6 is 11.6 Å². The van der Waals surface area contributed by atoms with Crippen LogP contribution in [0.15, 0.2) is 42.5 Å². The van der Waals surface area contributed by atoms with Crippen LogP contribution < -0.4 is 5.32 Å². The number of nitrogens with one attached hydrogen (secondary N) is 1. The average molecular weight is 304 g/mol. The summed E-state index contributed by atoms with van der Waals surface area (Å²) in [5.41, 5.74) is 3.04. The van der Waals surface area contributed by atoms with E-state index in [9.17, 15) is 9.18 Å². The van der Waals surface area contributed by atoms with E-state index in [4.69, 9.17) is 11.6 Å². The maximum absolute atomic E-state index is 13.6. The Bertz CT molecular complexity index is 690. The molecule has 2 aromatic carbocycles. The van der Waals surface area contributed by atoms with E-state index >= 15 is 0 Å². The number of carbonyl (C=O) groups is 1. The summed E-state index contributed by atoms with van der Waals surface area (Å²) < 4.78 is 13.6. The van der Waals surface area contributed by atoms with Crippen molar-refractivity contribution >= 4 is 29.3 Å². The Hall–Kier alpha value is -2.13. The van der Waals surface area contributed by atoms with Crippen LogP contribution in [0.25, 0.3) is 6.08 Å². The molecule has 2 rings (SSSR count). The summed E-state index contributed by atoms with van der Waals surface area (Å²) in [5.74, 6) is -0.790. The predicted octanol–water partition coefficient (Wildman–Crippen LogP) is 4.75. The predicted molar refractivity (Wildman–Crippen MR) is 85.0 cm³/mol. The summed E-state index contributed by atoms with van der Waals surface area (Å²) in [4.78, 5) is 11.9. The monoisotopic (exact) mass is 303 g/mol.